The predicted molar refractivity (Wildman–Crippen MR) is 98.2 cm³/mol. The maximum Gasteiger partial charge on any atom is 0.203 e. The van der Waals surface area contributed by atoms with Crippen molar-refractivity contribution in [3.8, 4) is 17.6 Å². The number of rotatable bonds is 7. The molecule has 2 aromatic carbocycles. The summed E-state index contributed by atoms with van der Waals surface area (Å²) in [6.07, 6.45) is 2.33. The van der Waals surface area contributed by atoms with Crippen LogP contribution in [-0.4, -0.2) is 19.5 Å². The molecule has 2 rings (SSSR count). The highest BCUT2D eigenvalue weighted by Crippen LogP contribution is 2.37. The molecule has 0 amide bonds. The van der Waals surface area contributed by atoms with Crippen molar-refractivity contribution in [2.24, 2.45) is 0 Å². The summed E-state index contributed by atoms with van der Waals surface area (Å²) in [4.78, 5) is 12.4. The molecule has 5 heteroatoms. The van der Waals surface area contributed by atoms with Gasteiger partial charge in [-0.1, -0.05) is 48.9 Å². The molecule has 0 aliphatic rings. The maximum absolute atomic E-state index is 12.4. The zero-order valence-corrected chi connectivity index (χ0v) is 14.8. The highest BCUT2D eigenvalue weighted by Gasteiger charge is 2.15. The lowest BCUT2D eigenvalue weighted by Crippen LogP contribution is -2.02. The van der Waals surface area contributed by atoms with E-state index in [4.69, 9.17) is 21.1 Å². The number of halogens is 1. The van der Waals surface area contributed by atoms with Crippen molar-refractivity contribution in [3.63, 3.8) is 0 Å². The third kappa shape index (κ3) is 4.62. The van der Waals surface area contributed by atoms with Crippen molar-refractivity contribution < 1.29 is 14.3 Å². The zero-order chi connectivity index (χ0) is 18.2. The average Bonchev–Trinajstić information content (AvgIpc) is 2.65. The minimum Gasteiger partial charge on any atom is -0.493 e. The van der Waals surface area contributed by atoms with E-state index in [-0.39, 0.29) is 11.4 Å². The highest BCUT2D eigenvalue weighted by molar-refractivity contribution is 6.32. The number of ether oxygens (including phenoxy) is 2. The minimum atomic E-state index is -0.343. The summed E-state index contributed by atoms with van der Waals surface area (Å²) in [5.74, 6) is 0.567. The number of Topliss-reactive ketones (excluding diaryl/α,β-unsaturated/α-hetero) is 1. The van der Waals surface area contributed by atoms with E-state index < -0.39 is 0 Å². The van der Waals surface area contributed by atoms with E-state index in [9.17, 15) is 10.1 Å². The molecule has 0 saturated heterocycles. The number of nitrogens with zero attached hydrogens (tertiary/aromatic N) is 1. The second-order valence-corrected chi connectivity index (χ2v) is 5.65. The smallest absolute Gasteiger partial charge is 0.203 e. The van der Waals surface area contributed by atoms with Gasteiger partial charge in [0.2, 0.25) is 5.78 Å². The Bertz CT molecular complexity index is 823. The van der Waals surface area contributed by atoms with E-state index >= 15 is 0 Å². The summed E-state index contributed by atoms with van der Waals surface area (Å²) in [5.41, 5.74) is 1.06. The molecule has 2 aromatic rings. The molecule has 0 radical (unpaired) electrons. The van der Waals surface area contributed by atoms with Gasteiger partial charge in [0.1, 0.15) is 11.6 Å². The number of nitriles is 1. The molecular formula is C20H18ClNO3. The molecule has 4 nitrogen and oxygen atoms in total. The fraction of sp³-hybridized carbons (Fsp3) is 0.200. The second kappa shape index (κ2) is 8.91. The van der Waals surface area contributed by atoms with Crippen LogP contribution >= 0.6 is 11.6 Å². The third-order valence-electron chi connectivity index (χ3n) is 3.41. The first-order chi connectivity index (χ1) is 12.1. The molecule has 0 bridgehead atoms. The van der Waals surface area contributed by atoms with Gasteiger partial charge in [0.25, 0.3) is 0 Å². The summed E-state index contributed by atoms with van der Waals surface area (Å²) in [6.45, 7) is 2.51. The number of methoxy groups -OCH3 is 1. The third-order valence-corrected chi connectivity index (χ3v) is 3.70. The normalized spacial score (nSPS) is 10.9. The molecule has 0 N–H and O–H groups in total. The van der Waals surface area contributed by atoms with Gasteiger partial charge < -0.3 is 9.47 Å². The van der Waals surface area contributed by atoms with Gasteiger partial charge in [-0.2, -0.15) is 5.26 Å². The molecule has 128 valence electrons. The van der Waals surface area contributed by atoms with Crippen molar-refractivity contribution in [1.82, 2.24) is 0 Å². The van der Waals surface area contributed by atoms with Gasteiger partial charge >= 0.3 is 0 Å². The van der Waals surface area contributed by atoms with Crippen LogP contribution < -0.4 is 9.47 Å². The standard InChI is InChI=1S/C20H18ClNO3/c1-3-9-25-20-17(21)11-14(12-18(20)24-2)10-16(13-22)19(23)15-7-5-4-6-8-15/h4-8,10-12H,3,9H2,1-2H3/b16-10+. The van der Waals surface area contributed by atoms with E-state index in [1.165, 1.54) is 13.2 Å². The molecule has 0 unspecified atom stereocenters. The summed E-state index contributed by atoms with van der Waals surface area (Å²) in [6, 6.07) is 13.9. The minimum absolute atomic E-state index is 0.0200. The Kier molecular flexibility index (Phi) is 6.62. The van der Waals surface area contributed by atoms with Crippen LogP contribution in [0.1, 0.15) is 29.3 Å². The first kappa shape index (κ1) is 18.6. The number of hydrogen-bond acceptors (Lipinski definition) is 4. The Morgan fingerprint density at radius 1 is 1.28 bits per heavy atom. The van der Waals surface area contributed by atoms with Crippen LogP contribution in [0.5, 0.6) is 11.5 Å². The van der Waals surface area contributed by atoms with E-state index in [0.717, 1.165) is 6.42 Å². The summed E-state index contributed by atoms with van der Waals surface area (Å²) >= 11 is 6.27. The van der Waals surface area contributed by atoms with Crippen molar-refractivity contribution in [2.45, 2.75) is 13.3 Å². The summed E-state index contributed by atoms with van der Waals surface area (Å²) in [7, 11) is 1.51. The van der Waals surface area contributed by atoms with E-state index in [1.54, 1.807) is 36.4 Å². The first-order valence-electron chi connectivity index (χ1n) is 7.82. The molecular weight excluding hydrogens is 338 g/mol. The highest BCUT2D eigenvalue weighted by atomic mass is 35.5. The fourth-order valence-corrected chi connectivity index (χ4v) is 2.50. The number of hydrogen-bond donors (Lipinski definition) is 0. The van der Waals surface area contributed by atoms with E-state index in [2.05, 4.69) is 0 Å². The largest absolute Gasteiger partial charge is 0.493 e. The number of benzene rings is 2. The summed E-state index contributed by atoms with van der Waals surface area (Å²) in [5, 5.41) is 9.72. The van der Waals surface area contributed by atoms with Crippen molar-refractivity contribution in [2.75, 3.05) is 13.7 Å². The van der Waals surface area contributed by atoms with Gasteiger partial charge in [0, 0.05) is 5.56 Å². The SMILES string of the molecule is CCCOc1c(Cl)cc(/C=C(\C#N)C(=O)c2ccccc2)cc1OC. The zero-order valence-electron chi connectivity index (χ0n) is 14.1. The van der Waals surface area contributed by atoms with Crippen LogP contribution in [0, 0.1) is 11.3 Å². The first-order valence-corrected chi connectivity index (χ1v) is 8.20. The molecule has 0 atom stereocenters. The van der Waals surface area contributed by atoms with E-state index in [1.807, 2.05) is 19.1 Å². The van der Waals surface area contributed by atoms with Gasteiger partial charge in [-0.05, 0) is 30.2 Å². The topological polar surface area (TPSA) is 59.3 Å². The molecule has 0 fully saturated rings. The number of carbonyl (C=O) groups is 1. The van der Waals surface area contributed by atoms with E-state index in [0.29, 0.717) is 34.3 Å². The Balaban J connectivity index is 2.40. The van der Waals surface area contributed by atoms with Gasteiger partial charge in [0.15, 0.2) is 11.5 Å². The van der Waals surface area contributed by atoms with Crippen LogP contribution in [0.15, 0.2) is 48.0 Å². The van der Waals surface area contributed by atoms with Crippen LogP contribution in [-0.2, 0) is 0 Å². The Hall–Kier alpha value is -2.77. The maximum atomic E-state index is 12.4. The van der Waals surface area contributed by atoms with Crippen LogP contribution in [0.25, 0.3) is 6.08 Å². The lowest BCUT2D eigenvalue weighted by Gasteiger charge is -2.12. The van der Waals surface area contributed by atoms with Crippen LogP contribution in [0.3, 0.4) is 0 Å². The van der Waals surface area contributed by atoms with Crippen molar-refractivity contribution >= 4 is 23.5 Å². The lowest BCUT2D eigenvalue weighted by atomic mass is 10.0. The van der Waals surface area contributed by atoms with Crippen molar-refractivity contribution in [1.29, 1.82) is 5.26 Å². The molecule has 0 aliphatic heterocycles. The van der Waals surface area contributed by atoms with Gasteiger partial charge in [-0.15, -0.1) is 0 Å². The molecule has 0 aliphatic carbocycles. The monoisotopic (exact) mass is 355 g/mol. The Morgan fingerprint density at radius 3 is 2.60 bits per heavy atom. The van der Waals surface area contributed by atoms with Crippen LogP contribution in [0.4, 0.5) is 0 Å². The lowest BCUT2D eigenvalue weighted by molar-refractivity contribution is 0.104. The number of carbonyl (C=O) groups excluding carboxylic acids is 1. The molecule has 0 heterocycles. The predicted octanol–water partition coefficient (Wildman–Crippen LogP) is 4.93. The number of ketones is 1. The molecule has 25 heavy (non-hydrogen) atoms. The van der Waals surface area contributed by atoms with Gasteiger partial charge in [-0.25, -0.2) is 0 Å². The average molecular weight is 356 g/mol. The van der Waals surface area contributed by atoms with Crippen LogP contribution in [0.2, 0.25) is 5.02 Å². The fourth-order valence-electron chi connectivity index (χ4n) is 2.23. The van der Waals surface area contributed by atoms with Gasteiger partial charge in [-0.3, -0.25) is 4.79 Å². The van der Waals surface area contributed by atoms with Gasteiger partial charge in [0.05, 0.1) is 18.7 Å². The quantitative estimate of drug-likeness (QED) is 0.401. The molecule has 0 saturated carbocycles. The Morgan fingerprint density at radius 2 is 2.00 bits per heavy atom. The molecule has 0 aromatic heterocycles. The molecule has 0 spiro atoms. The number of allylic oxidation sites excluding steroid dienone is 1. The second-order valence-electron chi connectivity index (χ2n) is 5.25. The van der Waals surface area contributed by atoms with Crippen molar-refractivity contribution in [3.05, 3.63) is 64.2 Å². The Labute approximate surface area is 152 Å². The summed E-state index contributed by atoms with van der Waals surface area (Å²) < 4.78 is 10.9.